The molecule has 10 heteroatoms. The van der Waals surface area contributed by atoms with E-state index in [0.29, 0.717) is 18.8 Å². The molecule has 0 aromatic heterocycles. The molecule has 1 aromatic rings. The summed E-state index contributed by atoms with van der Waals surface area (Å²) in [6.07, 6.45) is 0. The third kappa shape index (κ3) is 6.65. The largest absolute Gasteiger partial charge is 0.455 e. The van der Waals surface area contributed by atoms with Crippen molar-refractivity contribution in [3.63, 3.8) is 0 Å². The first-order valence-corrected chi connectivity index (χ1v) is 9.83. The van der Waals surface area contributed by atoms with Gasteiger partial charge in [0.25, 0.3) is 5.91 Å². The van der Waals surface area contributed by atoms with Gasteiger partial charge in [0, 0.05) is 32.7 Å². The number of nitrogens with one attached hydrogen (secondary N) is 1. The second-order valence-electron chi connectivity index (χ2n) is 5.69. The summed E-state index contributed by atoms with van der Waals surface area (Å²) >= 11 is 0. The van der Waals surface area contributed by atoms with Crippen molar-refractivity contribution in [1.82, 2.24) is 9.21 Å². The van der Waals surface area contributed by atoms with Crippen LogP contribution in [0.2, 0.25) is 0 Å². The molecule has 0 spiro atoms. The predicted octanol–water partition coefficient (Wildman–Crippen LogP) is 0.677. The van der Waals surface area contributed by atoms with Gasteiger partial charge in [-0.2, -0.15) is 4.31 Å². The molecular formula is C17H25N3O6S. The van der Waals surface area contributed by atoms with Gasteiger partial charge in [-0.3, -0.25) is 14.4 Å². The minimum Gasteiger partial charge on any atom is -0.455 e. The van der Waals surface area contributed by atoms with Gasteiger partial charge in [0.1, 0.15) is 6.54 Å². The van der Waals surface area contributed by atoms with Crippen molar-refractivity contribution in [2.75, 3.05) is 38.6 Å². The number of amides is 2. The molecule has 0 bridgehead atoms. The van der Waals surface area contributed by atoms with Gasteiger partial charge < -0.3 is 15.0 Å². The fourth-order valence-corrected chi connectivity index (χ4v) is 3.33. The number of hydrogen-bond acceptors (Lipinski definition) is 6. The van der Waals surface area contributed by atoms with Gasteiger partial charge in [0.05, 0.1) is 4.90 Å². The number of anilines is 1. The molecule has 0 fully saturated rings. The van der Waals surface area contributed by atoms with Crippen molar-refractivity contribution >= 4 is 33.5 Å². The molecule has 1 aromatic carbocycles. The van der Waals surface area contributed by atoms with Gasteiger partial charge in [-0.1, -0.05) is 0 Å². The maximum absolute atomic E-state index is 12.5. The molecule has 2 amide bonds. The van der Waals surface area contributed by atoms with E-state index in [0.717, 1.165) is 4.31 Å². The van der Waals surface area contributed by atoms with E-state index in [1.54, 1.807) is 13.8 Å². The van der Waals surface area contributed by atoms with Crippen LogP contribution in [0.5, 0.6) is 0 Å². The fraction of sp³-hybridized carbons (Fsp3) is 0.471. The molecule has 27 heavy (non-hydrogen) atoms. The Hall–Kier alpha value is -2.46. The lowest BCUT2D eigenvalue weighted by Gasteiger charge is -2.19. The molecule has 1 N–H and O–H groups in total. The molecule has 150 valence electrons. The van der Waals surface area contributed by atoms with Crippen LogP contribution in [-0.2, 0) is 29.1 Å². The third-order valence-corrected chi connectivity index (χ3v) is 5.53. The zero-order valence-electron chi connectivity index (χ0n) is 15.9. The first-order chi connectivity index (χ1) is 12.6. The highest BCUT2D eigenvalue weighted by Gasteiger charge is 2.24. The topological polar surface area (TPSA) is 113 Å². The minimum absolute atomic E-state index is 0.0360. The zero-order chi connectivity index (χ0) is 20.6. The maximum Gasteiger partial charge on any atom is 0.321 e. The van der Waals surface area contributed by atoms with Crippen LogP contribution in [0.25, 0.3) is 0 Å². The van der Waals surface area contributed by atoms with Gasteiger partial charge in [-0.25, -0.2) is 8.42 Å². The number of rotatable bonds is 9. The van der Waals surface area contributed by atoms with Crippen LogP contribution in [0.4, 0.5) is 5.69 Å². The quantitative estimate of drug-likeness (QED) is 0.611. The van der Waals surface area contributed by atoms with Crippen LogP contribution in [0, 0.1) is 0 Å². The van der Waals surface area contributed by atoms with Crippen LogP contribution in [0.3, 0.4) is 0 Å². The Balaban J connectivity index is 2.68. The van der Waals surface area contributed by atoms with Crippen LogP contribution in [0.1, 0.15) is 20.8 Å². The Morgan fingerprint density at radius 3 is 2.11 bits per heavy atom. The van der Waals surface area contributed by atoms with Gasteiger partial charge in [0.15, 0.2) is 6.61 Å². The van der Waals surface area contributed by atoms with E-state index in [1.807, 2.05) is 0 Å². The molecule has 0 atom stereocenters. The lowest BCUT2D eigenvalue weighted by molar-refractivity contribution is -0.151. The highest BCUT2D eigenvalue weighted by atomic mass is 32.2. The Morgan fingerprint density at radius 1 is 1.07 bits per heavy atom. The number of benzene rings is 1. The van der Waals surface area contributed by atoms with Gasteiger partial charge in [-0.15, -0.1) is 0 Å². The van der Waals surface area contributed by atoms with E-state index in [2.05, 4.69) is 5.32 Å². The highest BCUT2D eigenvalue weighted by Crippen LogP contribution is 2.17. The lowest BCUT2D eigenvalue weighted by atomic mass is 10.3. The number of likely N-dealkylation sites (N-methyl/N-ethyl adjacent to an activating group) is 2. The molecule has 0 radical (unpaired) electrons. The first-order valence-electron chi connectivity index (χ1n) is 8.39. The Labute approximate surface area is 159 Å². The number of hydrogen-bond donors (Lipinski definition) is 1. The third-order valence-electron chi connectivity index (χ3n) is 3.71. The Bertz CT molecular complexity index is 772. The van der Waals surface area contributed by atoms with Crippen LogP contribution in [-0.4, -0.2) is 68.7 Å². The summed E-state index contributed by atoms with van der Waals surface area (Å²) in [5, 5.41) is 2.53. The summed E-state index contributed by atoms with van der Waals surface area (Å²) < 4.78 is 30.7. The van der Waals surface area contributed by atoms with E-state index in [9.17, 15) is 22.8 Å². The van der Waals surface area contributed by atoms with E-state index < -0.39 is 29.1 Å². The first kappa shape index (κ1) is 22.6. The smallest absolute Gasteiger partial charge is 0.321 e. The van der Waals surface area contributed by atoms with Gasteiger partial charge in [-0.05, 0) is 38.1 Å². The molecule has 9 nitrogen and oxygen atoms in total. The molecule has 0 unspecified atom stereocenters. The number of carbonyl (C=O) groups is 3. The molecule has 0 heterocycles. The summed E-state index contributed by atoms with van der Waals surface area (Å²) in [6.45, 7) is 4.99. The Kier molecular flexibility index (Phi) is 8.38. The number of sulfonamides is 1. The van der Waals surface area contributed by atoms with Crippen molar-refractivity contribution in [1.29, 1.82) is 0 Å². The molecule has 1 rings (SSSR count). The SMILES string of the molecule is CCN(CC)C(=O)COC(=O)CN(C)S(=O)(=O)c1ccc(NC(C)=O)cc1. The number of esters is 1. The van der Waals surface area contributed by atoms with Crippen LogP contribution >= 0.6 is 0 Å². The molecule has 0 aliphatic carbocycles. The van der Waals surface area contributed by atoms with Gasteiger partial charge in [0.2, 0.25) is 15.9 Å². The van der Waals surface area contributed by atoms with Crippen molar-refractivity contribution in [3.8, 4) is 0 Å². The lowest BCUT2D eigenvalue weighted by Crippen LogP contribution is -2.37. The normalized spacial score (nSPS) is 11.1. The molecule has 0 saturated heterocycles. The molecule has 0 aliphatic rings. The summed E-state index contributed by atoms with van der Waals surface area (Å²) in [4.78, 5) is 36.1. The maximum atomic E-state index is 12.5. The second-order valence-corrected chi connectivity index (χ2v) is 7.74. The summed E-state index contributed by atoms with van der Waals surface area (Å²) in [7, 11) is -2.68. The van der Waals surface area contributed by atoms with E-state index in [1.165, 1.54) is 43.1 Å². The van der Waals surface area contributed by atoms with Crippen molar-refractivity contribution in [2.24, 2.45) is 0 Å². The Morgan fingerprint density at radius 2 is 1.63 bits per heavy atom. The number of carbonyl (C=O) groups excluding carboxylic acids is 3. The monoisotopic (exact) mass is 399 g/mol. The van der Waals surface area contributed by atoms with E-state index in [-0.39, 0.29) is 16.7 Å². The average Bonchev–Trinajstić information content (AvgIpc) is 2.61. The predicted molar refractivity (Wildman–Crippen MR) is 99.4 cm³/mol. The number of ether oxygens (including phenoxy) is 1. The minimum atomic E-state index is -3.92. The second kappa shape index (κ2) is 10.0. The average molecular weight is 399 g/mol. The van der Waals surface area contributed by atoms with Crippen molar-refractivity contribution in [2.45, 2.75) is 25.7 Å². The fourth-order valence-electron chi connectivity index (χ4n) is 2.22. The highest BCUT2D eigenvalue weighted by molar-refractivity contribution is 7.89. The van der Waals surface area contributed by atoms with Crippen molar-refractivity contribution in [3.05, 3.63) is 24.3 Å². The molecule has 0 saturated carbocycles. The summed E-state index contributed by atoms with van der Waals surface area (Å²) in [5.41, 5.74) is 0.457. The zero-order valence-corrected chi connectivity index (χ0v) is 16.7. The van der Waals surface area contributed by atoms with Crippen LogP contribution in [0.15, 0.2) is 29.2 Å². The van der Waals surface area contributed by atoms with Crippen LogP contribution < -0.4 is 5.32 Å². The standard InChI is InChI=1S/C17H25N3O6S/c1-5-20(6-2)16(22)12-26-17(23)11-19(4)27(24,25)15-9-7-14(8-10-15)18-13(3)21/h7-10H,5-6,11-12H2,1-4H3,(H,18,21). The van der Waals surface area contributed by atoms with E-state index >= 15 is 0 Å². The summed E-state index contributed by atoms with van der Waals surface area (Å²) in [6, 6.07) is 5.55. The number of nitrogens with zero attached hydrogens (tertiary/aromatic N) is 2. The molecular weight excluding hydrogens is 374 g/mol. The van der Waals surface area contributed by atoms with Gasteiger partial charge >= 0.3 is 5.97 Å². The van der Waals surface area contributed by atoms with E-state index in [4.69, 9.17) is 4.74 Å². The van der Waals surface area contributed by atoms with Crippen molar-refractivity contribution < 1.29 is 27.5 Å². The molecule has 0 aliphatic heterocycles. The summed E-state index contributed by atoms with van der Waals surface area (Å²) in [5.74, 6) is -1.44.